The summed E-state index contributed by atoms with van der Waals surface area (Å²) in [5.41, 5.74) is 0. The van der Waals surface area contributed by atoms with E-state index in [2.05, 4.69) is 5.32 Å². The number of nitrogens with zero attached hydrogens (tertiary/aromatic N) is 1. The van der Waals surface area contributed by atoms with Crippen molar-refractivity contribution >= 4 is 23.2 Å². The maximum atomic E-state index is 11.2. The van der Waals surface area contributed by atoms with Crippen molar-refractivity contribution in [3.8, 4) is 0 Å². The SMILES string of the molecule is CN1C(=O)C(CCO)NC1=S. The van der Waals surface area contributed by atoms with Crippen LogP contribution in [0.4, 0.5) is 0 Å². The van der Waals surface area contributed by atoms with Gasteiger partial charge in [0, 0.05) is 13.7 Å². The second-order valence-electron chi connectivity index (χ2n) is 2.41. The molecule has 0 radical (unpaired) electrons. The third-order valence-corrected chi connectivity index (χ3v) is 2.04. The predicted molar refractivity (Wildman–Crippen MR) is 44.0 cm³/mol. The van der Waals surface area contributed by atoms with E-state index in [1.807, 2.05) is 0 Å². The molecule has 1 fully saturated rings. The molecule has 0 bridgehead atoms. The Balaban J connectivity index is 2.60. The van der Waals surface area contributed by atoms with E-state index in [1.54, 1.807) is 7.05 Å². The van der Waals surface area contributed by atoms with Gasteiger partial charge in [-0.3, -0.25) is 9.69 Å². The van der Waals surface area contributed by atoms with Gasteiger partial charge in [-0.1, -0.05) is 0 Å². The highest BCUT2D eigenvalue weighted by atomic mass is 32.1. The number of rotatable bonds is 2. The molecule has 1 saturated heterocycles. The summed E-state index contributed by atoms with van der Waals surface area (Å²) in [4.78, 5) is 12.6. The molecule has 1 atom stereocenters. The number of likely N-dealkylation sites (N-methyl/N-ethyl adjacent to an activating group) is 1. The molecule has 11 heavy (non-hydrogen) atoms. The van der Waals surface area contributed by atoms with Gasteiger partial charge in [0.05, 0.1) is 0 Å². The minimum atomic E-state index is -0.322. The summed E-state index contributed by atoms with van der Waals surface area (Å²) in [6.07, 6.45) is 0.420. The Bertz CT molecular complexity index is 195. The summed E-state index contributed by atoms with van der Waals surface area (Å²) in [6, 6.07) is -0.322. The van der Waals surface area contributed by atoms with Gasteiger partial charge in [0.25, 0.3) is 5.91 Å². The minimum absolute atomic E-state index is 0.000139. The van der Waals surface area contributed by atoms with E-state index in [-0.39, 0.29) is 18.6 Å². The number of carbonyl (C=O) groups excluding carboxylic acids is 1. The maximum Gasteiger partial charge on any atom is 0.251 e. The predicted octanol–water partition coefficient (Wildman–Crippen LogP) is -0.916. The monoisotopic (exact) mass is 174 g/mol. The van der Waals surface area contributed by atoms with E-state index in [0.717, 1.165) is 0 Å². The molecule has 0 aromatic heterocycles. The summed E-state index contributed by atoms with van der Waals surface area (Å²) in [6.45, 7) is -0.000139. The van der Waals surface area contributed by atoms with Gasteiger partial charge in [0.2, 0.25) is 0 Å². The maximum absolute atomic E-state index is 11.2. The number of hydrogen-bond acceptors (Lipinski definition) is 3. The Morgan fingerprint density at radius 2 is 2.45 bits per heavy atom. The first kappa shape index (κ1) is 8.42. The zero-order valence-corrected chi connectivity index (χ0v) is 7.02. The zero-order chi connectivity index (χ0) is 8.43. The summed E-state index contributed by atoms with van der Waals surface area (Å²) in [5.74, 6) is -0.0657. The van der Waals surface area contributed by atoms with Crippen molar-refractivity contribution in [3.05, 3.63) is 0 Å². The van der Waals surface area contributed by atoms with Gasteiger partial charge < -0.3 is 10.4 Å². The molecule has 1 aliphatic rings. The van der Waals surface area contributed by atoms with Gasteiger partial charge in [-0.25, -0.2) is 0 Å². The van der Waals surface area contributed by atoms with Crippen LogP contribution in [0.5, 0.6) is 0 Å². The highest BCUT2D eigenvalue weighted by molar-refractivity contribution is 7.80. The fraction of sp³-hybridized carbons (Fsp3) is 0.667. The number of thiocarbonyl (C=S) groups is 1. The molecule has 2 N–H and O–H groups in total. The lowest BCUT2D eigenvalue weighted by molar-refractivity contribution is -0.126. The van der Waals surface area contributed by atoms with Crippen molar-refractivity contribution in [2.75, 3.05) is 13.7 Å². The summed E-state index contributed by atoms with van der Waals surface area (Å²) < 4.78 is 0. The smallest absolute Gasteiger partial charge is 0.251 e. The van der Waals surface area contributed by atoms with Crippen LogP contribution in [0.25, 0.3) is 0 Å². The Hall–Kier alpha value is -0.680. The lowest BCUT2D eigenvalue weighted by Gasteiger charge is -2.05. The summed E-state index contributed by atoms with van der Waals surface area (Å²) in [5, 5.41) is 11.8. The molecule has 1 rings (SSSR count). The molecule has 1 unspecified atom stereocenters. The van der Waals surface area contributed by atoms with Crippen molar-refractivity contribution in [3.63, 3.8) is 0 Å². The van der Waals surface area contributed by atoms with Crippen LogP contribution in [0.1, 0.15) is 6.42 Å². The zero-order valence-electron chi connectivity index (χ0n) is 6.20. The molecule has 0 saturated carbocycles. The van der Waals surface area contributed by atoms with Crippen LogP contribution in [-0.4, -0.2) is 40.7 Å². The van der Waals surface area contributed by atoms with Crippen LogP contribution in [0.3, 0.4) is 0 Å². The van der Waals surface area contributed by atoms with Crippen LogP contribution >= 0.6 is 12.2 Å². The van der Waals surface area contributed by atoms with Gasteiger partial charge in [-0.2, -0.15) is 0 Å². The van der Waals surface area contributed by atoms with E-state index in [4.69, 9.17) is 17.3 Å². The molecular weight excluding hydrogens is 164 g/mol. The first-order valence-corrected chi connectivity index (χ1v) is 3.76. The van der Waals surface area contributed by atoms with Gasteiger partial charge in [-0.05, 0) is 18.6 Å². The Kier molecular flexibility index (Phi) is 2.41. The number of aliphatic hydroxyl groups excluding tert-OH is 1. The number of carbonyl (C=O) groups is 1. The minimum Gasteiger partial charge on any atom is -0.396 e. The molecule has 1 heterocycles. The molecule has 5 heteroatoms. The molecule has 0 aromatic carbocycles. The molecular formula is C6H10N2O2S. The first-order chi connectivity index (χ1) is 5.16. The van der Waals surface area contributed by atoms with E-state index in [0.29, 0.717) is 11.5 Å². The number of aliphatic hydroxyl groups is 1. The lowest BCUT2D eigenvalue weighted by atomic mass is 10.2. The molecule has 62 valence electrons. The number of amides is 1. The fourth-order valence-corrected chi connectivity index (χ4v) is 1.20. The fourth-order valence-electron chi connectivity index (χ4n) is 0.966. The van der Waals surface area contributed by atoms with Gasteiger partial charge in [-0.15, -0.1) is 0 Å². The normalized spacial score (nSPS) is 24.2. The third-order valence-electron chi connectivity index (χ3n) is 1.65. The van der Waals surface area contributed by atoms with Crippen LogP contribution < -0.4 is 5.32 Å². The van der Waals surface area contributed by atoms with Crippen molar-refractivity contribution < 1.29 is 9.90 Å². The summed E-state index contributed by atoms with van der Waals surface area (Å²) in [7, 11) is 1.62. The number of nitrogens with one attached hydrogen (secondary N) is 1. The Morgan fingerprint density at radius 1 is 1.82 bits per heavy atom. The number of hydrogen-bond donors (Lipinski definition) is 2. The highest BCUT2D eigenvalue weighted by Crippen LogP contribution is 2.05. The van der Waals surface area contributed by atoms with E-state index < -0.39 is 0 Å². The van der Waals surface area contributed by atoms with Crippen molar-refractivity contribution in [1.82, 2.24) is 10.2 Å². The lowest BCUT2D eigenvalue weighted by Crippen LogP contribution is -2.29. The second-order valence-corrected chi connectivity index (χ2v) is 2.80. The van der Waals surface area contributed by atoms with Crippen LogP contribution in [0, 0.1) is 0 Å². The largest absolute Gasteiger partial charge is 0.396 e. The van der Waals surface area contributed by atoms with E-state index in [1.165, 1.54) is 4.90 Å². The highest BCUT2D eigenvalue weighted by Gasteiger charge is 2.31. The first-order valence-electron chi connectivity index (χ1n) is 3.35. The quantitative estimate of drug-likeness (QED) is 0.532. The average molecular weight is 174 g/mol. The van der Waals surface area contributed by atoms with Crippen molar-refractivity contribution in [1.29, 1.82) is 0 Å². The molecule has 0 aliphatic carbocycles. The summed E-state index contributed by atoms with van der Waals surface area (Å²) >= 11 is 4.82. The topological polar surface area (TPSA) is 52.6 Å². The van der Waals surface area contributed by atoms with E-state index >= 15 is 0 Å². The van der Waals surface area contributed by atoms with Gasteiger partial charge in [0.15, 0.2) is 5.11 Å². The third kappa shape index (κ3) is 1.49. The molecule has 4 nitrogen and oxygen atoms in total. The Labute approximate surface area is 70.2 Å². The van der Waals surface area contributed by atoms with E-state index in [9.17, 15) is 4.79 Å². The van der Waals surface area contributed by atoms with Gasteiger partial charge >= 0.3 is 0 Å². The standard InChI is InChI=1S/C6H10N2O2S/c1-8-5(10)4(2-3-9)7-6(8)11/h4,9H,2-3H2,1H3,(H,7,11). The van der Waals surface area contributed by atoms with Crippen LogP contribution in [0.2, 0.25) is 0 Å². The molecule has 0 aromatic rings. The van der Waals surface area contributed by atoms with Gasteiger partial charge in [0.1, 0.15) is 6.04 Å². The second kappa shape index (κ2) is 3.15. The Morgan fingerprint density at radius 3 is 2.82 bits per heavy atom. The molecule has 0 spiro atoms. The van der Waals surface area contributed by atoms with Crippen LogP contribution in [0.15, 0.2) is 0 Å². The average Bonchev–Trinajstić information content (AvgIpc) is 2.19. The van der Waals surface area contributed by atoms with Crippen molar-refractivity contribution in [2.45, 2.75) is 12.5 Å². The van der Waals surface area contributed by atoms with Crippen LogP contribution in [-0.2, 0) is 4.79 Å². The van der Waals surface area contributed by atoms with Crippen molar-refractivity contribution in [2.24, 2.45) is 0 Å². The molecule has 1 aliphatic heterocycles. The molecule has 1 amide bonds.